The molecular formula is C27H34N2O4S. The molecule has 0 unspecified atom stereocenters. The van der Waals surface area contributed by atoms with E-state index >= 15 is 0 Å². The summed E-state index contributed by atoms with van der Waals surface area (Å²) in [4.78, 5) is 6.36. The van der Waals surface area contributed by atoms with Crippen molar-refractivity contribution in [2.45, 2.75) is 50.1 Å². The highest BCUT2D eigenvalue weighted by Gasteiger charge is 2.26. The second-order valence-corrected chi connectivity index (χ2v) is 11.0. The van der Waals surface area contributed by atoms with Crippen LogP contribution in [0.25, 0.3) is 11.3 Å². The van der Waals surface area contributed by atoms with E-state index in [-0.39, 0.29) is 11.8 Å². The van der Waals surface area contributed by atoms with Gasteiger partial charge in [-0.05, 0) is 55.8 Å². The summed E-state index contributed by atoms with van der Waals surface area (Å²) < 4.78 is 36.1. The summed E-state index contributed by atoms with van der Waals surface area (Å²) in [5, 5.41) is 0. The monoisotopic (exact) mass is 482 g/mol. The molecule has 1 fully saturated rings. The predicted molar refractivity (Wildman–Crippen MR) is 135 cm³/mol. The minimum absolute atomic E-state index is 0.0635. The SMILES string of the molecule is CCS(=O)(=O)c1ccc(OC)c(-c2ccc(CN3CCCCC[C@@H]3c3ccccc3OC)[nH]2)c1. The Kier molecular flexibility index (Phi) is 7.63. The van der Waals surface area contributed by atoms with Crippen molar-refractivity contribution in [2.75, 3.05) is 26.5 Å². The summed E-state index contributed by atoms with van der Waals surface area (Å²) in [6.45, 7) is 3.45. The summed E-state index contributed by atoms with van der Waals surface area (Å²) in [5.41, 5.74) is 3.92. The topological polar surface area (TPSA) is 71.6 Å². The Bertz CT molecular complexity index is 1220. The van der Waals surface area contributed by atoms with Gasteiger partial charge < -0.3 is 14.5 Å². The number of rotatable bonds is 8. The second kappa shape index (κ2) is 10.7. The molecule has 4 rings (SSSR count). The highest BCUT2D eigenvalue weighted by molar-refractivity contribution is 7.91. The quantitative estimate of drug-likeness (QED) is 0.452. The fraction of sp³-hybridized carbons (Fsp3) is 0.407. The van der Waals surface area contributed by atoms with Crippen LogP contribution < -0.4 is 9.47 Å². The van der Waals surface area contributed by atoms with Gasteiger partial charge in [0.2, 0.25) is 0 Å². The van der Waals surface area contributed by atoms with Crippen molar-refractivity contribution in [3.05, 3.63) is 65.9 Å². The maximum Gasteiger partial charge on any atom is 0.178 e. The Hall–Kier alpha value is -2.77. The smallest absolute Gasteiger partial charge is 0.178 e. The Morgan fingerprint density at radius 1 is 0.971 bits per heavy atom. The van der Waals surface area contributed by atoms with Gasteiger partial charge in [-0.15, -0.1) is 0 Å². The van der Waals surface area contributed by atoms with Crippen molar-refractivity contribution < 1.29 is 17.9 Å². The number of sulfone groups is 1. The number of hydrogen-bond donors (Lipinski definition) is 1. The minimum Gasteiger partial charge on any atom is -0.496 e. The predicted octanol–water partition coefficient (Wildman–Crippen LogP) is 5.61. The number of methoxy groups -OCH3 is 2. The minimum atomic E-state index is -3.31. The molecule has 0 aliphatic carbocycles. The van der Waals surface area contributed by atoms with Crippen LogP contribution in [0.5, 0.6) is 11.5 Å². The van der Waals surface area contributed by atoms with Crippen LogP contribution in [0.15, 0.2) is 59.5 Å². The summed E-state index contributed by atoms with van der Waals surface area (Å²) in [6.07, 6.45) is 4.70. The molecule has 2 heterocycles. The van der Waals surface area contributed by atoms with Crippen molar-refractivity contribution in [3.8, 4) is 22.8 Å². The first kappa shape index (κ1) is 24.4. The van der Waals surface area contributed by atoms with Gasteiger partial charge in [-0.1, -0.05) is 38.0 Å². The van der Waals surface area contributed by atoms with Crippen molar-refractivity contribution in [1.29, 1.82) is 0 Å². The molecule has 1 saturated heterocycles. The zero-order chi connectivity index (χ0) is 24.1. The van der Waals surface area contributed by atoms with E-state index in [1.165, 1.54) is 24.8 Å². The maximum atomic E-state index is 12.4. The molecule has 7 heteroatoms. The van der Waals surface area contributed by atoms with Crippen LogP contribution in [0.2, 0.25) is 0 Å². The lowest BCUT2D eigenvalue weighted by Crippen LogP contribution is -2.28. The molecule has 0 saturated carbocycles. The molecule has 0 bridgehead atoms. The third-order valence-corrected chi connectivity index (χ3v) is 8.41. The number of ether oxygens (including phenoxy) is 2. The first-order chi connectivity index (χ1) is 16.5. The fourth-order valence-corrected chi connectivity index (χ4v) is 5.72. The number of aromatic nitrogens is 1. The van der Waals surface area contributed by atoms with E-state index in [0.717, 1.165) is 42.2 Å². The van der Waals surface area contributed by atoms with Gasteiger partial charge in [0.15, 0.2) is 9.84 Å². The first-order valence-corrected chi connectivity index (χ1v) is 13.6. The maximum absolute atomic E-state index is 12.4. The van der Waals surface area contributed by atoms with Gasteiger partial charge in [0, 0.05) is 35.1 Å². The van der Waals surface area contributed by atoms with Crippen molar-refractivity contribution >= 4 is 9.84 Å². The number of nitrogens with zero attached hydrogens (tertiary/aromatic N) is 1. The summed E-state index contributed by atoms with van der Waals surface area (Å²) >= 11 is 0. The third-order valence-electron chi connectivity index (χ3n) is 6.68. The number of hydrogen-bond acceptors (Lipinski definition) is 5. The van der Waals surface area contributed by atoms with Crippen molar-refractivity contribution in [3.63, 3.8) is 0 Å². The summed E-state index contributed by atoms with van der Waals surface area (Å²) in [5.74, 6) is 1.64. The van der Waals surface area contributed by atoms with Crippen LogP contribution in [-0.2, 0) is 16.4 Å². The molecule has 3 aromatic rings. The molecule has 1 N–H and O–H groups in total. The van der Waals surface area contributed by atoms with E-state index in [4.69, 9.17) is 9.47 Å². The summed E-state index contributed by atoms with van der Waals surface area (Å²) in [7, 11) is 0.0287. The van der Waals surface area contributed by atoms with E-state index < -0.39 is 9.84 Å². The number of benzene rings is 2. The molecule has 0 radical (unpaired) electrons. The average Bonchev–Trinajstić information content (AvgIpc) is 3.21. The van der Waals surface area contributed by atoms with Crippen molar-refractivity contribution in [2.24, 2.45) is 0 Å². The molecule has 0 amide bonds. The average molecular weight is 483 g/mol. The Balaban J connectivity index is 1.63. The second-order valence-electron chi connectivity index (χ2n) is 8.74. The molecule has 34 heavy (non-hydrogen) atoms. The zero-order valence-corrected chi connectivity index (χ0v) is 21.0. The lowest BCUT2D eigenvalue weighted by Gasteiger charge is -2.31. The fourth-order valence-electron chi connectivity index (χ4n) is 4.82. The lowest BCUT2D eigenvalue weighted by molar-refractivity contribution is 0.187. The molecule has 1 aliphatic rings. The third kappa shape index (κ3) is 5.15. The van der Waals surface area contributed by atoms with Crippen LogP contribution in [-0.4, -0.2) is 44.8 Å². The molecule has 1 atom stereocenters. The van der Waals surface area contributed by atoms with Gasteiger partial charge in [0.25, 0.3) is 0 Å². The molecule has 1 aliphatic heterocycles. The molecule has 6 nitrogen and oxygen atoms in total. The largest absolute Gasteiger partial charge is 0.496 e. The van der Waals surface area contributed by atoms with Crippen LogP contribution >= 0.6 is 0 Å². The molecule has 1 aromatic heterocycles. The Morgan fingerprint density at radius 3 is 2.53 bits per heavy atom. The molecule has 2 aromatic carbocycles. The van der Waals surface area contributed by atoms with Gasteiger partial charge in [-0.25, -0.2) is 8.42 Å². The number of nitrogens with one attached hydrogen (secondary N) is 1. The summed E-state index contributed by atoms with van der Waals surface area (Å²) in [6, 6.07) is 17.7. The molecule has 182 valence electrons. The molecule has 0 spiro atoms. The number of aromatic amines is 1. The standard InChI is InChI=1S/C27H34N2O4S/c1-4-34(30,31)21-14-16-27(33-3)23(18-21)24-15-13-20(28-24)19-29-17-9-5-6-11-25(29)22-10-7-8-12-26(22)32-2/h7-8,10,12-16,18,25,28H,4-6,9,11,17,19H2,1-3H3/t25-/m1/s1. The van der Waals surface area contributed by atoms with Gasteiger partial charge in [0.05, 0.1) is 24.9 Å². The van der Waals surface area contributed by atoms with Crippen LogP contribution in [0.3, 0.4) is 0 Å². The Labute approximate surface area is 202 Å². The highest BCUT2D eigenvalue weighted by atomic mass is 32.2. The van der Waals surface area contributed by atoms with Gasteiger partial charge in [-0.2, -0.15) is 0 Å². The number of H-pyrrole nitrogens is 1. The van der Waals surface area contributed by atoms with Crippen LogP contribution in [0.1, 0.15) is 49.9 Å². The lowest BCUT2D eigenvalue weighted by atomic mass is 9.99. The Morgan fingerprint density at radius 2 is 1.76 bits per heavy atom. The van der Waals surface area contributed by atoms with Crippen LogP contribution in [0, 0.1) is 0 Å². The van der Waals surface area contributed by atoms with E-state index in [0.29, 0.717) is 10.6 Å². The van der Waals surface area contributed by atoms with Crippen LogP contribution in [0.4, 0.5) is 0 Å². The van der Waals surface area contributed by atoms with E-state index in [1.807, 2.05) is 18.2 Å². The normalized spacial score (nSPS) is 17.3. The van der Waals surface area contributed by atoms with Gasteiger partial charge in [0.1, 0.15) is 11.5 Å². The number of likely N-dealkylation sites (tertiary alicyclic amines) is 1. The van der Waals surface area contributed by atoms with Gasteiger partial charge >= 0.3 is 0 Å². The van der Waals surface area contributed by atoms with E-state index in [1.54, 1.807) is 39.3 Å². The van der Waals surface area contributed by atoms with E-state index in [9.17, 15) is 8.42 Å². The zero-order valence-electron chi connectivity index (χ0n) is 20.2. The first-order valence-electron chi connectivity index (χ1n) is 11.9. The highest BCUT2D eigenvalue weighted by Crippen LogP contribution is 2.37. The van der Waals surface area contributed by atoms with E-state index in [2.05, 4.69) is 28.1 Å². The number of para-hydroxylation sites is 1. The van der Waals surface area contributed by atoms with Crippen molar-refractivity contribution in [1.82, 2.24) is 9.88 Å². The van der Waals surface area contributed by atoms with Gasteiger partial charge in [-0.3, -0.25) is 4.90 Å². The molecular weight excluding hydrogens is 448 g/mol.